The zero-order valence-electron chi connectivity index (χ0n) is 17.9. The van der Waals surface area contributed by atoms with Crippen molar-refractivity contribution in [3.63, 3.8) is 0 Å². The van der Waals surface area contributed by atoms with Gasteiger partial charge in [0.05, 0.1) is 36.4 Å². The van der Waals surface area contributed by atoms with Crippen LogP contribution in [-0.4, -0.2) is 39.0 Å². The highest BCUT2D eigenvalue weighted by atomic mass is 32.2. The van der Waals surface area contributed by atoms with Gasteiger partial charge in [0, 0.05) is 0 Å². The molecular weight excluding hydrogens is 440 g/mol. The van der Waals surface area contributed by atoms with Gasteiger partial charge in [-0.25, -0.2) is 4.79 Å². The first kappa shape index (κ1) is 22.3. The summed E-state index contributed by atoms with van der Waals surface area (Å²) in [7, 11) is 0. The highest BCUT2D eigenvalue weighted by Crippen LogP contribution is 2.26. The Labute approximate surface area is 195 Å². The Balaban J connectivity index is 1.50. The zero-order valence-corrected chi connectivity index (χ0v) is 18.7. The number of carbonyl (C=O) groups is 2. The number of thioether (sulfide) groups is 1. The lowest BCUT2D eigenvalue weighted by Gasteiger charge is -2.11. The number of para-hydroxylation sites is 1. The normalized spacial score (nSPS) is 10.7. The average molecular weight is 463 g/mol. The highest BCUT2D eigenvalue weighted by molar-refractivity contribution is 7.99. The molecule has 0 spiro atoms. The van der Waals surface area contributed by atoms with E-state index < -0.39 is 5.97 Å². The van der Waals surface area contributed by atoms with Gasteiger partial charge in [-0.1, -0.05) is 54.2 Å². The van der Waals surface area contributed by atoms with Gasteiger partial charge in [-0.05, 0) is 36.8 Å². The summed E-state index contributed by atoms with van der Waals surface area (Å²) in [5, 5.41) is 11.9. The molecule has 0 aliphatic heterocycles. The van der Waals surface area contributed by atoms with Gasteiger partial charge in [0.25, 0.3) is 0 Å². The summed E-state index contributed by atoms with van der Waals surface area (Å²) in [4.78, 5) is 24.8. The molecule has 0 saturated carbocycles. The van der Waals surface area contributed by atoms with Crippen LogP contribution in [0, 0.1) is 0 Å². The highest BCUT2D eigenvalue weighted by Gasteiger charge is 2.19. The number of nitrogens with zero attached hydrogens (tertiary/aromatic N) is 3. The standard InChI is InChI=1S/C24H22N4O4S/c1-2-31-23(30)18-11-6-7-12-19(18)25-21(29)16-33-24-27-26-22(20-13-8-14-32-20)28(24)15-17-9-4-3-5-10-17/h3-14H,2,15-16H2,1H3,(H,25,29). The molecule has 4 rings (SSSR count). The van der Waals surface area contributed by atoms with Gasteiger partial charge in [0.15, 0.2) is 10.9 Å². The molecule has 2 heterocycles. The average Bonchev–Trinajstić information content (AvgIpc) is 3.49. The molecule has 168 valence electrons. The van der Waals surface area contributed by atoms with Crippen molar-refractivity contribution in [1.82, 2.24) is 14.8 Å². The molecule has 0 radical (unpaired) electrons. The summed E-state index contributed by atoms with van der Waals surface area (Å²) in [5.74, 6) is 0.511. The van der Waals surface area contributed by atoms with Crippen molar-refractivity contribution in [2.75, 3.05) is 17.7 Å². The molecule has 1 amide bonds. The number of nitrogens with one attached hydrogen (secondary N) is 1. The topological polar surface area (TPSA) is 99.2 Å². The van der Waals surface area contributed by atoms with Crippen LogP contribution in [0.2, 0.25) is 0 Å². The molecule has 0 unspecified atom stereocenters. The fourth-order valence-electron chi connectivity index (χ4n) is 3.19. The third-order valence-electron chi connectivity index (χ3n) is 4.67. The molecule has 0 aliphatic rings. The van der Waals surface area contributed by atoms with E-state index in [0.717, 1.165) is 5.56 Å². The fourth-order valence-corrected chi connectivity index (χ4v) is 3.93. The molecule has 2 aromatic carbocycles. The second-order valence-corrected chi connectivity index (χ2v) is 7.90. The number of hydrogen-bond donors (Lipinski definition) is 1. The van der Waals surface area contributed by atoms with Crippen LogP contribution in [0.4, 0.5) is 5.69 Å². The zero-order chi connectivity index (χ0) is 23.0. The van der Waals surface area contributed by atoms with Crippen molar-refractivity contribution in [2.24, 2.45) is 0 Å². The molecule has 33 heavy (non-hydrogen) atoms. The predicted molar refractivity (Wildman–Crippen MR) is 125 cm³/mol. The Morgan fingerprint density at radius 3 is 2.58 bits per heavy atom. The van der Waals surface area contributed by atoms with E-state index in [1.807, 2.05) is 41.0 Å². The number of rotatable bonds is 9. The Morgan fingerprint density at radius 2 is 1.82 bits per heavy atom. The van der Waals surface area contributed by atoms with Crippen molar-refractivity contribution in [3.05, 3.63) is 84.1 Å². The van der Waals surface area contributed by atoms with E-state index in [2.05, 4.69) is 15.5 Å². The monoisotopic (exact) mass is 462 g/mol. The van der Waals surface area contributed by atoms with Crippen LogP contribution in [0.3, 0.4) is 0 Å². The summed E-state index contributed by atoms with van der Waals surface area (Å²) in [6.07, 6.45) is 1.58. The van der Waals surface area contributed by atoms with Crippen LogP contribution in [0.5, 0.6) is 0 Å². The van der Waals surface area contributed by atoms with Gasteiger partial charge < -0.3 is 14.5 Å². The first-order valence-corrected chi connectivity index (χ1v) is 11.3. The van der Waals surface area contributed by atoms with E-state index >= 15 is 0 Å². The van der Waals surface area contributed by atoms with Gasteiger partial charge in [0.2, 0.25) is 11.7 Å². The van der Waals surface area contributed by atoms with Crippen LogP contribution in [0.25, 0.3) is 11.6 Å². The molecule has 2 aromatic heterocycles. The van der Waals surface area contributed by atoms with E-state index in [9.17, 15) is 9.59 Å². The van der Waals surface area contributed by atoms with Gasteiger partial charge in [-0.15, -0.1) is 10.2 Å². The molecule has 9 heteroatoms. The predicted octanol–water partition coefficient (Wildman–Crippen LogP) is 4.49. The molecule has 0 aliphatic carbocycles. The number of carbonyl (C=O) groups excluding carboxylic acids is 2. The molecule has 8 nitrogen and oxygen atoms in total. The minimum atomic E-state index is -0.480. The molecule has 1 N–H and O–H groups in total. The lowest BCUT2D eigenvalue weighted by Crippen LogP contribution is -2.18. The lowest BCUT2D eigenvalue weighted by molar-refractivity contribution is -0.113. The smallest absolute Gasteiger partial charge is 0.340 e. The Morgan fingerprint density at radius 1 is 1.03 bits per heavy atom. The quantitative estimate of drug-likeness (QED) is 0.289. The van der Waals surface area contributed by atoms with E-state index in [4.69, 9.17) is 9.15 Å². The number of furan rings is 1. The molecule has 0 saturated heterocycles. The van der Waals surface area contributed by atoms with Crippen molar-refractivity contribution in [1.29, 1.82) is 0 Å². The number of benzene rings is 2. The first-order chi connectivity index (χ1) is 16.2. The van der Waals surface area contributed by atoms with Gasteiger partial charge in [-0.3, -0.25) is 9.36 Å². The molecule has 0 bridgehead atoms. The van der Waals surface area contributed by atoms with Crippen LogP contribution >= 0.6 is 11.8 Å². The first-order valence-electron chi connectivity index (χ1n) is 10.4. The number of anilines is 1. The van der Waals surface area contributed by atoms with E-state index in [1.165, 1.54) is 11.8 Å². The van der Waals surface area contributed by atoms with Crippen LogP contribution in [-0.2, 0) is 16.1 Å². The van der Waals surface area contributed by atoms with Crippen LogP contribution < -0.4 is 5.32 Å². The number of ether oxygens (including phenoxy) is 1. The van der Waals surface area contributed by atoms with Crippen molar-refractivity contribution < 1.29 is 18.7 Å². The maximum atomic E-state index is 12.7. The van der Waals surface area contributed by atoms with E-state index in [-0.39, 0.29) is 18.3 Å². The number of aromatic nitrogens is 3. The number of esters is 1. The summed E-state index contributed by atoms with van der Waals surface area (Å²) in [5.41, 5.74) is 1.79. The summed E-state index contributed by atoms with van der Waals surface area (Å²) in [6.45, 7) is 2.52. The van der Waals surface area contributed by atoms with Gasteiger partial charge in [-0.2, -0.15) is 0 Å². The Kier molecular flexibility index (Phi) is 7.21. The minimum absolute atomic E-state index is 0.0856. The minimum Gasteiger partial charge on any atom is -0.462 e. The number of hydrogen-bond acceptors (Lipinski definition) is 7. The molecule has 4 aromatic rings. The SMILES string of the molecule is CCOC(=O)c1ccccc1NC(=O)CSc1nnc(-c2ccco2)n1Cc1ccccc1. The summed E-state index contributed by atoms with van der Waals surface area (Å²) in [6, 6.07) is 20.3. The summed E-state index contributed by atoms with van der Waals surface area (Å²) >= 11 is 1.26. The van der Waals surface area contributed by atoms with E-state index in [1.54, 1.807) is 43.5 Å². The largest absolute Gasteiger partial charge is 0.462 e. The number of amides is 1. The fraction of sp³-hybridized carbons (Fsp3) is 0.167. The van der Waals surface area contributed by atoms with Crippen LogP contribution in [0.1, 0.15) is 22.8 Å². The second kappa shape index (κ2) is 10.6. The maximum absolute atomic E-state index is 12.7. The van der Waals surface area contributed by atoms with Gasteiger partial charge in [0.1, 0.15) is 0 Å². The molecule has 0 atom stereocenters. The van der Waals surface area contributed by atoms with Gasteiger partial charge >= 0.3 is 5.97 Å². The third-order valence-corrected chi connectivity index (χ3v) is 5.64. The third kappa shape index (κ3) is 5.50. The van der Waals surface area contributed by atoms with Crippen LogP contribution in [0.15, 0.2) is 82.6 Å². The second-order valence-electron chi connectivity index (χ2n) is 6.96. The summed E-state index contributed by atoms with van der Waals surface area (Å²) < 4.78 is 12.5. The molecular formula is C24H22N4O4S. The maximum Gasteiger partial charge on any atom is 0.340 e. The Bertz CT molecular complexity index is 1220. The van der Waals surface area contributed by atoms with Crippen molar-refractivity contribution >= 4 is 29.3 Å². The molecule has 0 fully saturated rings. The van der Waals surface area contributed by atoms with Crippen molar-refractivity contribution in [3.8, 4) is 11.6 Å². The Hall–Kier alpha value is -3.85. The van der Waals surface area contributed by atoms with E-state index in [0.29, 0.717) is 34.5 Å². The lowest BCUT2D eigenvalue weighted by atomic mass is 10.2. The van der Waals surface area contributed by atoms with Crippen molar-refractivity contribution in [2.45, 2.75) is 18.6 Å².